The predicted octanol–water partition coefficient (Wildman–Crippen LogP) is 13.7. The molecule has 6 heteroatoms. The molecule has 60 heavy (non-hydrogen) atoms. The lowest BCUT2D eigenvalue weighted by Gasteiger charge is -2.34. The van der Waals surface area contributed by atoms with Gasteiger partial charge in [0.05, 0.1) is 28.5 Å². The van der Waals surface area contributed by atoms with Crippen LogP contribution in [0.1, 0.15) is 41.0 Å². The third-order valence-electron chi connectivity index (χ3n) is 11.4. The molecule has 6 nitrogen and oxygen atoms in total. The van der Waals surface area contributed by atoms with Crippen LogP contribution in [0, 0.1) is 34.6 Å². The summed E-state index contributed by atoms with van der Waals surface area (Å²) in [7, 11) is 0. The first-order chi connectivity index (χ1) is 29.2. The molecule has 290 valence electrons. The summed E-state index contributed by atoms with van der Waals surface area (Å²) in [6.07, 6.45) is 6.37. The summed E-state index contributed by atoms with van der Waals surface area (Å²) >= 11 is 0. The number of nitrogens with zero attached hydrogens (tertiary/aromatic N) is 6. The monoisotopic (exact) mass is 775 g/mol. The second-order valence-corrected chi connectivity index (χ2v) is 16.0. The van der Waals surface area contributed by atoms with Crippen LogP contribution in [-0.4, -0.2) is 31.0 Å². The minimum Gasteiger partial charge on any atom is -0.678 e. The van der Waals surface area contributed by atoms with Crippen LogP contribution in [0.3, 0.4) is 0 Å². The SMILES string of the molecule is Cc1cccc(-c2cc3c(cc2C2=CC=CC(C)[N-]2)c2cc(-c4cccc(C)n4)c(-c4cccc(C)n4)cc2c2cc(-c4cccc(C)n4)c(-c4cccc(C)n4)cc32)n1. The molecular weight excluding hydrogens is 733 g/mol. The van der Waals surface area contributed by atoms with Gasteiger partial charge in [0, 0.05) is 56.3 Å². The summed E-state index contributed by atoms with van der Waals surface area (Å²) in [5.41, 5.74) is 16.4. The van der Waals surface area contributed by atoms with E-state index >= 15 is 0 Å². The van der Waals surface area contributed by atoms with Gasteiger partial charge in [0.25, 0.3) is 0 Å². The Balaban J connectivity index is 1.43. The van der Waals surface area contributed by atoms with Crippen molar-refractivity contribution in [2.24, 2.45) is 0 Å². The topological polar surface area (TPSA) is 78.5 Å². The highest BCUT2D eigenvalue weighted by atomic mass is 14.9. The van der Waals surface area contributed by atoms with Crippen molar-refractivity contribution >= 4 is 38.0 Å². The number of aromatic nitrogens is 5. The van der Waals surface area contributed by atoms with Crippen LogP contribution in [0.4, 0.5) is 0 Å². The van der Waals surface area contributed by atoms with Gasteiger partial charge < -0.3 is 5.32 Å². The number of pyridine rings is 5. The number of fused-ring (bicyclic) bond motifs is 6. The van der Waals surface area contributed by atoms with E-state index in [9.17, 15) is 0 Å². The third-order valence-corrected chi connectivity index (χ3v) is 11.4. The second kappa shape index (κ2) is 14.8. The highest BCUT2D eigenvalue weighted by Gasteiger charge is 2.22. The van der Waals surface area contributed by atoms with Gasteiger partial charge in [-0.05, 0) is 170 Å². The van der Waals surface area contributed by atoms with Crippen molar-refractivity contribution in [3.63, 3.8) is 0 Å². The number of aryl methyl sites for hydroxylation is 5. The molecular formula is C54H43N6-. The van der Waals surface area contributed by atoms with Gasteiger partial charge in [0.2, 0.25) is 0 Å². The zero-order valence-corrected chi connectivity index (χ0v) is 34.6. The molecule has 0 N–H and O–H groups in total. The summed E-state index contributed by atoms with van der Waals surface area (Å²) in [5.74, 6) is 0. The summed E-state index contributed by atoms with van der Waals surface area (Å²) in [6.45, 7) is 12.4. The molecule has 9 aromatic rings. The Hall–Kier alpha value is -7.31. The molecule has 6 heterocycles. The highest BCUT2D eigenvalue weighted by Crippen LogP contribution is 2.47. The molecule has 5 aromatic heterocycles. The Bertz CT molecular complexity index is 3190. The van der Waals surface area contributed by atoms with E-state index < -0.39 is 0 Å². The molecule has 10 rings (SSSR count). The van der Waals surface area contributed by atoms with Crippen molar-refractivity contribution in [3.05, 3.63) is 185 Å². The number of rotatable bonds is 6. The van der Waals surface area contributed by atoms with E-state index in [0.717, 1.165) is 128 Å². The van der Waals surface area contributed by atoms with E-state index in [0.29, 0.717) is 0 Å². The van der Waals surface area contributed by atoms with Gasteiger partial charge in [-0.15, -0.1) is 11.7 Å². The van der Waals surface area contributed by atoms with Crippen molar-refractivity contribution in [3.8, 4) is 56.3 Å². The molecule has 1 atom stereocenters. The molecule has 0 radical (unpaired) electrons. The lowest BCUT2D eigenvalue weighted by molar-refractivity contribution is 1.05. The van der Waals surface area contributed by atoms with Crippen molar-refractivity contribution in [1.82, 2.24) is 24.9 Å². The van der Waals surface area contributed by atoms with Gasteiger partial charge >= 0.3 is 0 Å². The van der Waals surface area contributed by atoms with E-state index in [1.807, 2.05) is 65.0 Å². The second-order valence-electron chi connectivity index (χ2n) is 16.0. The lowest BCUT2D eigenvalue weighted by atomic mass is 9.84. The summed E-state index contributed by atoms with van der Waals surface area (Å²) in [5, 5.41) is 11.8. The molecule has 1 unspecified atom stereocenters. The first kappa shape index (κ1) is 37.0. The standard InChI is InChI=1S/C54H43N6/c1-31-13-7-19-49(55-31)43-25-37-38(26-44(43)50-20-8-14-32(2)56-50)40-28-46(52-22-10-16-34(4)58-52)48(54-24-12-18-36(6)60-54)30-42(40)41-29-47(53-23-11-17-35(5)59-53)45(27-39(37)41)51-21-9-15-33(3)57-51/h7-31H,1-6H3/q-1. The number of hydrogen-bond acceptors (Lipinski definition) is 5. The van der Waals surface area contributed by atoms with Crippen molar-refractivity contribution < 1.29 is 0 Å². The van der Waals surface area contributed by atoms with Crippen molar-refractivity contribution in [2.45, 2.75) is 47.6 Å². The van der Waals surface area contributed by atoms with E-state index in [1.165, 1.54) is 0 Å². The van der Waals surface area contributed by atoms with Crippen molar-refractivity contribution in [1.29, 1.82) is 0 Å². The van der Waals surface area contributed by atoms with Crippen LogP contribution in [0.15, 0.2) is 146 Å². The van der Waals surface area contributed by atoms with Gasteiger partial charge in [-0.2, -0.15) is 0 Å². The lowest BCUT2D eigenvalue weighted by Crippen LogP contribution is -2.02. The van der Waals surface area contributed by atoms with Crippen molar-refractivity contribution in [2.75, 3.05) is 0 Å². The van der Waals surface area contributed by atoms with Crippen LogP contribution >= 0.6 is 0 Å². The first-order valence-corrected chi connectivity index (χ1v) is 20.5. The maximum atomic E-state index is 5.17. The van der Waals surface area contributed by atoms with E-state index in [1.54, 1.807) is 0 Å². The number of benzene rings is 4. The quantitative estimate of drug-likeness (QED) is 0.157. The van der Waals surface area contributed by atoms with Gasteiger partial charge in [-0.1, -0.05) is 55.5 Å². The average molecular weight is 776 g/mol. The van der Waals surface area contributed by atoms with Crippen LogP contribution in [0.2, 0.25) is 0 Å². The zero-order valence-electron chi connectivity index (χ0n) is 34.6. The Morgan fingerprint density at radius 1 is 0.367 bits per heavy atom. The molecule has 4 aromatic carbocycles. The van der Waals surface area contributed by atoms with Gasteiger partial charge in [0.1, 0.15) is 0 Å². The predicted molar refractivity (Wildman–Crippen MR) is 249 cm³/mol. The van der Waals surface area contributed by atoms with Crippen LogP contribution < -0.4 is 0 Å². The van der Waals surface area contributed by atoms with Crippen LogP contribution in [0.25, 0.3) is 99.6 Å². The van der Waals surface area contributed by atoms with Crippen LogP contribution in [-0.2, 0) is 0 Å². The zero-order chi connectivity index (χ0) is 41.1. The maximum absolute atomic E-state index is 5.17. The Morgan fingerprint density at radius 2 is 0.633 bits per heavy atom. The smallest absolute Gasteiger partial charge is 0.0712 e. The van der Waals surface area contributed by atoms with Gasteiger partial charge in [-0.3, -0.25) is 24.9 Å². The fourth-order valence-corrected chi connectivity index (χ4v) is 8.65. The molecule has 0 spiro atoms. The van der Waals surface area contributed by atoms with Gasteiger partial charge in [-0.25, -0.2) is 0 Å². The van der Waals surface area contributed by atoms with Gasteiger partial charge in [0.15, 0.2) is 0 Å². The average Bonchev–Trinajstić information content (AvgIpc) is 3.25. The van der Waals surface area contributed by atoms with Crippen LogP contribution in [0.5, 0.6) is 0 Å². The molecule has 0 saturated heterocycles. The fourth-order valence-electron chi connectivity index (χ4n) is 8.65. The molecule has 0 aliphatic carbocycles. The normalized spacial score (nSPS) is 13.8. The molecule has 0 saturated carbocycles. The largest absolute Gasteiger partial charge is 0.678 e. The number of hydrogen-bond donors (Lipinski definition) is 0. The fraction of sp³-hybridized carbons (Fsp3) is 0.130. The number of allylic oxidation sites excluding steroid dienone is 2. The third kappa shape index (κ3) is 6.70. The Labute approximate surface area is 350 Å². The molecule has 0 amide bonds. The molecule has 0 fully saturated rings. The summed E-state index contributed by atoms with van der Waals surface area (Å²) in [6, 6.07) is 45.2. The maximum Gasteiger partial charge on any atom is 0.0712 e. The Morgan fingerprint density at radius 3 is 0.900 bits per heavy atom. The van der Waals surface area contributed by atoms with E-state index in [-0.39, 0.29) is 6.04 Å². The molecule has 1 aliphatic rings. The molecule has 1 aliphatic heterocycles. The minimum atomic E-state index is 0.0498. The molecule has 0 bridgehead atoms. The highest BCUT2D eigenvalue weighted by molar-refractivity contribution is 6.29. The summed E-state index contributed by atoms with van der Waals surface area (Å²) in [4.78, 5) is 25.5. The minimum absolute atomic E-state index is 0.0498. The van der Waals surface area contributed by atoms with E-state index in [4.69, 9.17) is 30.2 Å². The Kier molecular flexibility index (Phi) is 9.13. The summed E-state index contributed by atoms with van der Waals surface area (Å²) < 4.78 is 0. The van der Waals surface area contributed by atoms with E-state index in [2.05, 4.69) is 122 Å². The first-order valence-electron chi connectivity index (χ1n) is 20.5.